The number of phenolic OH excluding ortho intramolecular Hbond substituents is 1. The van der Waals surface area contributed by atoms with Crippen molar-refractivity contribution >= 4 is 28.4 Å². The van der Waals surface area contributed by atoms with E-state index in [1.807, 2.05) is 43.3 Å². The van der Waals surface area contributed by atoms with E-state index in [0.717, 1.165) is 16.3 Å². The van der Waals surface area contributed by atoms with Crippen molar-refractivity contribution in [2.24, 2.45) is 0 Å². The zero-order valence-corrected chi connectivity index (χ0v) is 13.5. The molecule has 0 bridgehead atoms. The Hall–Kier alpha value is -3.54. The Balaban J connectivity index is 1.66. The molecule has 0 spiro atoms. The molecule has 3 amide bonds. The molecule has 0 heterocycles. The van der Waals surface area contributed by atoms with Crippen LogP contribution in [0.25, 0.3) is 10.8 Å². The van der Waals surface area contributed by atoms with E-state index in [1.165, 1.54) is 6.07 Å². The average Bonchev–Trinajstić information content (AvgIpc) is 2.59. The van der Waals surface area contributed by atoms with Gasteiger partial charge in [-0.2, -0.15) is 0 Å². The SMILES string of the molecule is Cc1cccc(NC(=O)NNC(=O)c2cc3ccccc3cc2O)c1. The lowest BCUT2D eigenvalue weighted by atomic mass is 10.1. The van der Waals surface area contributed by atoms with Gasteiger partial charge in [-0.3, -0.25) is 10.2 Å². The van der Waals surface area contributed by atoms with Crippen molar-refractivity contribution in [2.45, 2.75) is 6.92 Å². The minimum atomic E-state index is -0.609. The Morgan fingerprint density at radius 1 is 0.880 bits per heavy atom. The van der Waals surface area contributed by atoms with Crippen molar-refractivity contribution in [3.8, 4) is 5.75 Å². The lowest BCUT2D eigenvalue weighted by Crippen LogP contribution is -2.43. The van der Waals surface area contributed by atoms with E-state index in [2.05, 4.69) is 16.2 Å². The summed E-state index contributed by atoms with van der Waals surface area (Å²) >= 11 is 0. The Morgan fingerprint density at radius 2 is 1.60 bits per heavy atom. The number of rotatable bonds is 2. The van der Waals surface area contributed by atoms with Gasteiger partial charge < -0.3 is 10.4 Å². The average molecular weight is 335 g/mol. The van der Waals surface area contributed by atoms with Gasteiger partial charge in [-0.05, 0) is 47.5 Å². The second-order valence-corrected chi connectivity index (χ2v) is 5.62. The van der Waals surface area contributed by atoms with Gasteiger partial charge in [0.1, 0.15) is 5.75 Å². The number of urea groups is 1. The van der Waals surface area contributed by atoms with Gasteiger partial charge in [-0.1, -0.05) is 36.4 Å². The predicted molar refractivity (Wildman–Crippen MR) is 96.4 cm³/mol. The normalized spacial score (nSPS) is 10.3. The first kappa shape index (κ1) is 16.3. The molecule has 0 unspecified atom stereocenters. The van der Waals surface area contributed by atoms with Crippen LogP contribution in [-0.4, -0.2) is 17.0 Å². The minimum Gasteiger partial charge on any atom is -0.507 e. The molecular formula is C19H17N3O3. The zero-order chi connectivity index (χ0) is 17.8. The number of carbonyl (C=O) groups excluding carboxylic acids is 2. The van der Waals surface area contributed by atoms with E-state index in [4.69, 9.17) is 0 Å². The van der Waals surface area contributed by atoms with E-state index >= 15 is 0 Å². The largest absolute Gasteiger partial charge is 0.507 e. The molecule has 6 nitrogen and oxygen atoms in total. The van der Waals surface area contributed by atoms with E-state index in [1.54, 1.807) is 18.2 Å². The van der Waals surface area contributed by atoms with Gasteiger partial charge in [0.25, 0.3) is 5.91 Å². The van der Waals surface area contributed by atoms with Crippen molar-refractivity contribution < 1.29 is 14.7 Å². The van der Waals surface area contributed by atoms with Crippen LogP contribution in [0, 0.1) is 6.92 Å². The quantitative estimate of drug-likeness (QED) is 0.542. The van der Waals surface area contributed by atoms with Crippen LogP contribution in [0.2, 0.25) is 0 Å². The molecule has 126 valence electrons. The van der Waals surface area contributed by atoms with Crippen molar-refractivity contribution in [1.82, 2.24) is 10.9 Å². The Bertz CT molecular complexity index is 954. The van der Waals surface area contributed by atoms with Gasteiger partial charge in [0.2, 0.25) is 0 Å². The molecule has 3 aromatic rings. The molecule has 3 rings (SSSR count). The maximum Gasteiger partial charge on any atom is 0.337 e. The molecule has 0 fully saturated rings. The zero-order valence-electron chi connectivity index (χ0n) is 13.5. The van der Waals surface area contributed by atoms with Crippen LogP contribution in [0.3, 0.4) is 0 Å². The third-order valence-electron chi connectivity index (χ3n) is 3.67. The lowest BCUT2D eigenvalue weighted by molar-refractivity contribution is 0.0935. The first-order chi connectivity index (χ1) is 12.0. The standard InChI is InChI=1S/C19H17N3O3/c1-12-5-4-8-15(9-12)20-19(25)22-21-18(24)16-10-13-6-2-3-7-14(13)11-17(16)23/h2-11,23H,1H3,(H,21,24)(H2,20,22,25). The molecule has 0 aliphatic rings. The van der Waals surface area contributed by atoms with Gasteiger partial charge in [-0.15, -0.1) is 0 Å². The van der Waals surface area contributed by atoms with Gasteiger partial charge in [0.05, 0.1) is 5.56 Å². The fraction of sp³-hybridized carbons (Fsp3) is 0.0526. The molecule has 0 aromatic heterocycles. The molecular weight excluding hydrogens is 318 g/mol. The fourth-order valence-electron chi connectivity index (χ4n) is 2.48. The lowest BCUT2D eigenvalue weighted by Gasteiger charge is -2.11. The number of phenols is 1. The van der Waals surface area contributed by atoms with Crippen molar-refractivity contribution in [1.29, 1.82) is 0 Å². The van der Waals surface area contributed by atoms with E-state index in [-0.39, 0.29) is 11.3 Å². The highest BCUT2D eigenvalue weighted by molar-refractivity contribution is 6.02. The van der Waals surface area contributed by atoms with Gasteiger partial charge in [-0.25, -0.2) is 10.2 Å². The number of benzene rings is 3. The maximum atomic E-state index is 12.2. The highest BCUT2D eigenvalue weighted by Crippen LogP contribution is 2.24. The maximum absolute atomic E-state index is 12.2. The van der Waals surface area contributed by atoms with Crippen molar-refractivity contribution in [3.63, 3.8) is 0 Å². The molecule has 0 radical (unpaired) electrons. The number of aryl methyl sites for hydroxylation is 1. The highest BCUT2D eigenvalue weighted by Gasteiger charge is 2.13. The number of nitrogens with one attached hydrogen (secondary N) is 3. The molecule has 25 heavy (non-hydrogen) atoms. The number of fused-ring (bicyclic) bond motifs is 1. The van der Waals surface area contributed by atoms with Crippen LogP contribution >= 0.6 is 0 Å². The van der Waals surface area contributed by atoms with Crippen molar-refractivity contribution in [3.05, 3.63) is 71.8 Å². The molecule has 3 aromatic carbocycles. The summed E-state index contributed by atoms with van der Waals surface area (Å²) in [6.45, 7) is 1.91. The van der Waals surface area contributed by atoms with E-state index in [0.29, 0.717) is 5.69 Å². The van der Waals surface area contributed by atoms with E-state index in [9.17, 15) is 14.7 Å². The molecule has 6 heteroatoms. The van der Waals surface area contributed by atoms with Crippen molar-refractivity contribution in [2.75, 3.05) is 5.32 Å². The third-order valence-corrected chi connectivity index (χ3v) is 3.67. The molecule has 0 saturated heterocycles. The summed E-state index contributed by atoms with van der Waals surface area (Å²) in [5.41, 5.74) is 6.23. The second-order valence-electron chi connectivity index (χ2n) is 5.62. The predicted octanol–water partition coefficient (Wildman–Crippen LogP) is 3.32. The summed E-state index contributed by atoms with van der Waals surface area (Å²) in [7, 11) is 0. The number of anilines is 1. The summed E-state index contributed by atoms with van der Waals surface area (Å²) in [4.78, 5) is 24.1. The second kappa shape index (κ2) is 6.92. The van der Waals surface area contributed by atoms with Crippen LogP contribution in [0.4, 0.5) is 10.5 Å². The summed E-state index contributed by atoms with van der Waals surface area (Å²) in [6, 6.07) is 17.1. The first-order valence-electron chi connectivity index (χ1n) is 7.69. The van der Waals surface area contributed by atoms with Crippen LogP contribution in [0.5, 0.6) is 5.75 Å². The van der Waals surface area contributed by atoms with Crippen LogP contribution in [0.1, 0.15) is 15.9 Å². The van der Waals surface area contributed by atoms with Crippen LogP contribution in [-0.2, 0) is 0 Å². The smallest absolute Gasteiger partial charge is 0.337 e. The van der Waals surface area contributed by atoms with Crippen LogP contribution in [0.15, 0.2) is 60.7 Å². The summed E-state index contributed by atoms with van der Waals surface area (Å²) in [5.74, 6) is -0.764. The van der Waals surface area contributed by atoms with Gasteiger partial charge >= 0.3 is 6.03 Å². The number of aromatic hydroxyl groups is 1. The summed E-state index contributed by atoms with van der Waals surface area (Å²) in [6.07, 6.45) is 0. The van der Waals surface area contributed by atoms with Gasteiger partial charge in [0, 0.05) is 5.69 Å². The Kier molecular flexibility index (Phi) is 4.52. The molecule has 0 atom stereocenters. The number of hydrazine groups is 1. The molecule has 0 saturated carbocycles. The molecule has 4 N–H and O–H groups in total. The first-order valence-corrected chi connectivity index (χ1v) is 7.69. The highest BCUT2D eigenvalue weighted by atomic mass is 16.3. The fourth-order valence-corrected chi connectivity index (χ4v) is 2.48. The molecule has 0 aliphatic carbocycles. The Morgan fingerprint density at radius 3 is 2.32 bits per heavy atom. The summed E-state index contributed by atoms with van der Waals surface area (Å²) < 4.78 is 0. The van der Waals surface area contributed by atoms with E-state index < -0.39 is 11.9 Å². The third kappa shape index (κ3) is 3.87. The summed E-state index contributed by atoms with van der Waals surface area (Å²) in [5, 5.41) is 14.3. The van der Waals surface area contributed by atoms with Crippen LogP contribution < -0.4 is 16.2 Å². The number of hydrogen-bond acceptors (Lipinski definition) is 3. The number of carbonyl (C=O) groups is 2. The monoisotopic (exact) mass is 335 g/mol. The minimum absolute atomic E-state index is 0.0783. The number of amides is 3. The number of hydrogen-bond donors (Lipinski definition) is 4. The topological polar surface area (TPSA) is 90.5 Å². The Labute approximate surface area is 144 Å². The molecule has 0 aliphatic heterocycles. The van der Waals surface area contributed by atoms with Gasteiger partial charge in [0.15, 0.2) is 0 Å².